The molecule has 3 nitrogen and oxygen atoms in total. The molecule has 1 aliphatic heterocycles. The Balaban J connectivity index is 2.53. The molecule has 1 aromatic carbocycles. The molecular weight excluding hydrogens is 199 g/mol. The van der Waals surface area contributed by atoms with E-state index in [1.54, 1.807) is 6.07 Å². The van der Waals surface area contributed by atoms with Gasteiger partial charge in [0.25, 0.3) is 0 Å². The monoisotopic (exact) mass is 212 g/mol. The summed E-state index contributed by atoms with van der Waals surface area (Å²) in [5.74, 6) is -2.55. The Hall–Kier alpha value is -0.970. The van der Waals surface area contributed by atoms with Gasteiger partial charge in [-0.3, -0.25) is 0 Å². The van der Waals surface area contributed by atoms with Crippen LogP contribution in [-0.2, 0) is 10.5 Å². The molecule has 15 heavy (non-hydrogen) atoms. The summed E-state index contributed by atoms with van der Waals surface area (Å²) in [5, 5.41) is 19.3. The van der Waals surface area contributed by atoms with Crippen molar-refractivity contribution in [3.63, 3.8) is 0 Å². The van der Waals surface area contributed by atoms with Gasteiger partial charge in [0.05, 0.1) is 6.10 Å². The summed E-state index contributed by atoms with van der Waals surface area (Å²) in [5.41, 5.74) is 0.857. The van der Waals surface area contributed by atoms with Crippen molar-refractivity contribution in [1.82, 2.24) is 0 Å². The zero-order valence-corrected chi connectivity index (χ0v) is 8.40. The largest absolute Gasteiger partial charge is 0.368 e. The lowest BCUT2D eigenvalue weighted by atomic mass is 9.92. The van der Waals surface area contributed by atoms with Gasteiger partial charge in [-0.25, -0.2) is 4.39 Å². The summed E-state index contributed by atoms with van der Waals surface area (Å²) < 4.78 is 18.3. The molecule has 0 fully saturated rings. The normalized spacial score (nSPS) is 23.6. The first-order valence-corrected chi connectivity index (χ1v) is 4.91. The Kier molecular flexibility index (Phi) is 2.50. The van der Waals surface area contributed by atoms with Gasteiger partial charge in [-0.05, 0) is 24.1 Å². The Labute approximate surface area is 87.1 Å². The van der Waals surface area contributed by atoms with Crippen LogP contribution >= 0.6 is 0 Å². The van der Waals surface area contributed by atoms with Gasteiger partial charge in [0.15, 0.2) is 0 Å². The molecule has 2 rings (SSSR count). The molecule has 0 saturated carbocycles. The molecule has 1 aliphatic rings. The first-order valence-electron chi connectivity index (χ1n) is 4.91. The lowest BCUT2D eigenvalue weighted by molar-refractivity contribution is -0.228. The Morgan fingerprint density at radius 3 is 2.93 bits per heavy atom. The van der Waals surface area contributed by atoms with E-state index >= 15 is 0 Å². The van der Waals surface area contributed by atoms with Crippen molar-refractivity contribution >= 4 is 0 Å². The van der Waals surface area contributed by atoms with Crippen LogP contribution in [0, 0.1) is 5.82 Å². The van der Waals surface area contributed by atoms with Crippen LogP contribution < -0.4 is 0 Å². The van der Waals surface area contributed by atoms with E-state index in [-0.39, 0.29) is 18.3 Å². The molecule has 1 heterocycles. The summed E-state index contributed by atoms with van der Waals surface area (Å²) in [4.78, 5) is 0. The zero-order valence-electron chi connectivity index (χ0n) is 8.40. The predicted octanol–water partition coefficient (Wildman–Crippen LogP) is 1.44. The zero-order chi connectivity index (χ0) is 11.1. The van der Waals surface area contributed by atoms with Crippen LogP contribution in [0.5, 0.6) is 0 Å². The first kappa shape index (κ1) is 10.5. The quantitative estimate of drug-likeness (QED) is 0.692. The fourth-order valence-electron chi connectivity index (χ4n) is 1.88. The minimum atomic E-state index is -2.08. The molecule has 0 aromatic heterocycles. The maximum absolute atomic E-state index is 13.0. The van der Waals surface area contributed by atoms with Gasteiger partial charge < -0.3 is 14.9 Å². The number of benzene rings is 1. The Morgan fingerprint density at radius 1 is 1.53 bits per heavy atom. The molecule has 0 aliphatic carbocycles. The van der Waals surface area contributed by atoms with Gasteiger partial charge in [-0.2, -0.15) is 0 Å². The molecule has 4 heteroatoms. The molecule has 0 amide bonds. The number of fused-ring (bicyclic) bond motifs is 1. The van der Waals surface area contributed by atoms with Gasteiger partial charge in [-0.1, -0.05) is 13.0 Å². The van der Waals surface area contributed by atoms with Crippen molar-refractivity contribution in [1.29, 1.82) is 0 Å². The highest BCUT2D eigenvalue weighted by atomic mass is 19.1. The summed E-state index contributed by atoms with van der Waals surface area (Å²) in [7, 11) is 0. The third-order valence-corrected chi connectivity index (χ3v) is 2.65. The fraction of sp³-hybridized carbons (Fsp3) is 0.455. The lowest BCUT2D eigenvalue weighted by Gasteiger charge is -2.34. The number of hydrogen-bond donors (Lipinski definition) is 2. The van der Waals surface area contributed by atoms with Gasteiger partial charge >= 0.3 is 0 Å². The second-order valence-electron chi connectivity index (χ2n) is 3.76. The number of halogens is 1. The second-order valence-corrected chi connectivity index (χ2v) is 3.76. The maximum Gasteiger partial charge on any atom is 0.214 e. The van der Waals surface area contributed by atoms with Crippen molar-refractivity contribution in [2.24, 2.45) is 0 Å². The van der Waals surface area contributed by atoms with E-state index in [0.29, 0.717) is 12.0 Å². The number of hydrogen-bond acceptors (Lipinski definition) is 3. The molecule has 0 radical (unpaired) electrons. The van der Waals surface area contributed by atoms with Crippen LogP contribution in [0.15, 0.2) is 18.2 Å². The molecule has 1 aromatic rings. The average Bonchev–Trinajstić information content (AvgIpc) is 2.19. The van der Waals surface area contributed by atoms with Crippen LogP contribution in [-0.4, -0.2) is 16.8 Å². The summed E-state index contributed by atoms with van der Waals surface area (Å²) in [6, 6.07) is 3.99. The minimum absolute atomic E-state index is 0.187. The molecule has 0 bridgehead atoms. The smallest absolute Gasteiger partial charge is 0.214 e. The SMILES string of the molecule is CC[C@@H]1OCC(O)(O)c2cc(F)ccc21. The van der Waals surface area contributed by atoms with Crippen LogP contribution in [0.3, 0.4) is 0 Å². The van der Waals surface area contributed by atoms with E-state index in [0.717, 1.165) is 6.07 Å². The molecule has 0 unspecified atom stereocenters. The lowest BCUT2D eigenvalue weighted by Crippen LogP contribution is -2.37. The maximum atomic E-state index is 13.0. The van der Waals surface area contributed by atoms with Crippen molar-refractivity contribution in [3.8, 4) is 0 Å². The predicted molar refractivity (Wildman–Crippen MR) is 51.5 cm³/mol. The van der Waals surface area contributed by atoms with E-state index in [4.69, 9.17) is 4.74 Å². The molecule has 82 valence electrons. The van der Waals surface area contributed by atoms with E-state index in [1.807, 2.05) is 6.92 Å². The molecule has 2 N–H and O–H groups in total. The van der Waals surface area contributed by atoms with E-state index in [2.05, 4.69) is 0 Å². The van der Waals surface area contributed by atoms with Gasteiger partial charge in [0.2, 0.25) is 5.79 Å². The van der Waals surface area contributed by atoms with E-state index < -0.39 is 11.6 Å². The minimum Gasteiger partial charge on any atom is -0.368 e. The van der Waals surface area contributed by atoms with Crippen LogP contribution in [0.2, 0.25) is 0 Å². The third kappa shape index (κ3) is 1.76. The Morgan fingerprint density at radius 2 is 2.27 bits per heavy atom. The highest BCUT2D eigenvalue weighted by Crippen LogP contribution is 2.36. The van der Waals surface area contributed by atoms with Crippen molar-refractivity contribution in [2.75, 3.05) is 6.61 Å². The summed E-state index contributed by atoms with van der Waals surface area (Å²) >= 11 is 0. The topological polar surface area (TPSA) is 49.7 Å². The van der Waals surface area contributed by atoms with Crippen molar-refractivity contribution in [3.05, 3.63) is 35.1 Å². The van der Waals surface area contributed by atoms with Gasteiger partial charge in [0, 0.05) is 5.56 Å². The molecule has 0 spiro atoms. The molecule has 1 atom stereocenters. The van der Waals surface area contributed by atoms with Crippen LogP contribution in [0.1, 0.15) is 30.6 Å². The van der Waals surface area contributed by atoms with Crippen LogP contribution in [0.25, 0.3) is 0 Å². The van der Waals surface area contributed by atoms with Gasteiger partial charge in [-0.15, -0.1) is 0 Å². The average molecular weight is 212 g/mol. The Bertz CT molecular complexity index is 376. The number of rotatable bonds is 1. The van der Waals surface area contributed by atoms with E-state index in [1.165, 1.54) is 6.07 Å². The molecule has 0 saturated heterocycles. The summed E-state index contributed by atoms with van der Waals surface area (Å²) in [6.45, 7) is 1.71. The van der Waals surface area contributed by atoms with E-state index in [9.17, 15) is 14.6 Å². The standard InChI is InChI=1S/C11H13FO3/c1-2-10-8-4-3-7(12)5-9(8)11(13,14)6-15-10/h3-5,10,13-14H,2,6H2,1H3/t10-/m0/s1. The summed E-state index contributed by atoms with van der Waals surface area (Å²) in [6.07, 6.45) is 0.530. The number of aliphatic hydroxyl groups is 2. The molecular formula is C11H13FO3. The number of ether oxygens (including phenoxy) is 1. The first-order chi connectivity index (χ1) is 7.04. The fourth-order valence-corrected chi connectivity index (χ4v) is 1.88. The highest BCUT2D eigenvalue weighted by molar-refractivity contribution is 5.34. The highest BCUT2D eigenvalue weighted by Gasteiger charge is 2.36. The van der Waals surface area contributed by atoms with Crippen molar-refractivity contribution in [2.45, 2.75) is 25.2 Å². The second kappa shape index (κ2) is 3.56. The van der Waals surface area contributed by atoms with Gasteiger partial charge in [0.1, 0.15) is 12.4 Å². The van der Waals surface area contributed by atoms with Crippen molar-refractivity contribution < 1.29 is 19.3 Å². The van der Waals surface area contributed by atoms with Crippen LogP contribution in [0.4, 0.5) is 4.39 Å². The third-order valence-electron chi connectivity index (χ3n) is 2.65.